The fraction of sp³-hybridized carbons (Fsp3) is 0.286. The van der Waals surface area contributed by atoms with Crippen LogP contribution in [0.5, 0.6) is 0 Å². The van der Waals surface area contributed by atoms with Gasteiger partial charge in [-0.15, -0.1) is 11.3 Å². The van der Waals surface area contributed by atoms with Crippen molar-refractivity contribution in [1.82, 2.24) is 10.3 Å². The van der Waals surface area contributed by atoms with E-state index in [0.717, 1.165) is 0 Å². The molecule has 0 bridgehead atoms. The van der Waals surface area contributed by atoms with Crippen LogP contribution >= 0.6 is 11.3 Å². The Morgan fingerprint density at radius 3 is 2.86 bits per heavy atom. The van der Waals surface area contributed by atoms with Gasteiger partial charge in [0.05, 0.1) is 0 Å². The Balaban J connectivity index is 2.40. The molecule has 0 aliphatic heterocycles. The Labute approximate surface area is 84.0 Å². The zero-order chi connectivity index (χ0) is 10.6. The molecule has 0 aliphatic carbocycles. The number of aliphatic carboxylic acids is 1. The number of thiazole rings is 1. The fourth-order valence-electron chi connectivity index (χ4n) is 0.677. The quantitative estimate of drug-likeness (QED) is 0.693. The van der Waals surface area contributed by atoms with Crippen LogP contribution in [-0.4, -0.2) is 28.1 Å². The molecule has 1 heterocycles. The van der Waals surface area contributed by atoms with Crippen LogP contribution < -0.4 is 10.6 Å². The summed E-state index contributed by atoms with van der Waals surface area (Å²) in [6, 6.07) is -1.50. The predicted molar refractivity (Wildman–Crippen MR) is 51.4 cm³/mol. The summed E-state index contributed by atoms with van der Waals surface area (Å²) in [5, 5.41) is 15.3. The first kappa shape index (κ1) is 10.5. The number of hydrogen-bond donors (Lipinski definition) is 3. The van der Waals surface area contributed by atoms with Gasteiger partial charge in [0.1, 0.15) is 6.04 Å². The summed E-state index contributed by atoms with van der Waals surface area (Å²) in [4.78, 5) is 25.3. The third kappa shape index (κ3) is 3.02. The molecule has 0 aliphatic rings. The minimum Gasteiger partial charge on any atom is -0.480 e. The largest absolute Gasteiger partial charge is 0.480 e. The van der Waals surface area contributed by atoms with Gasteiger partial charge in [0.2, 0.25) is 0 Å². The molecule has 0 aromatic carbocycles. The molecule has 3 N–H and O–H groups in total. The van der Waals surface area contributed by atoms with E-state index in [1.165, 1.54) is 18.3 Å². The SMILES string of the molecule is CC(NC(=O)Nc1nccs1)C(=O)O. The van der Waals surface area contributed by atoms with Gasteiger partial charge in [-0.1, -0.05) is 0 Å². The molecule has 2 amide bonds. The van der Waals surface area contributed by atoms with Crippen molar-refractivity contribution in [2.45, 2.75) is 13.0 Å². The normalized spacial score (nSPS) is 11.8. The first-order valence-electron chi connectivity index (χ1n) is 3.79. The van der Waals surface area contributed by atoms with Gasteiger partial charge in [0.15, 0.2) is 5.13 Å². The van der Waals surface area contributed by atoms with E-state index in [9.17, 15) is 9.59 Å². The number of carboxylic acids is 1. The van der Waals surface area contributed by atoms with Crippen LogP contribution in [0.1, 0.15) is 6.92 Å². The monoisotopic (exact) mass is 215 g/mol. The van der Waals surface area contributed by atoms with Crippen molar-refractivity contribution in [1.29, 1.82) is 0 Å². The zero-order valence-corrected chi connectivity index (χ0v) is 8.17. The van der Waals surface area contributed by atoms with E-state index < -0.39 is 18.0 Å². The molecule has 1 atom stereocenters. The van der Waals surface area contributed by atoms with Crippen LogP contribution in [-0.2, 0) is 4.79 Å². The van der Waals surface area contributed by atoms with Crippen LogP contribution in [0.3, 0.4) is 0 Å². The van der Waals surface area contributed by atoms with Crippen LogP contribution in [0.2, 0.25) is 0 Å². The maximum atomic E-state index is 11.1. The van der Waals surface area contributed by atoms with Gasteiger partial charge < -0.3 is 10.4 Å². The lowest BCUT2D eigenvalue weighted by atomic mass is 10.3. The zero-order valence-electron chi connectivity index (χ0n) is 7.35. The fourth-order valence-corrected chi connectivity index (χ4v) is 1.20. The molecule has 0 fully saturated rings. The van der Waals surface area contributed by atoms with Crippen LogP contribution in [0, 0.1) is 0 Å². The molecule has 6 nitrogen and oxygen atoms in total. The molecule has 1 aromatic rings. The Morgan fingerprint density at radius 2 is 2.36 bits per heavy atom. The molecule has 1 aromatic heterocycles. The maximum Gasteiger partial charge on any atom is 0.325 e. The summed E-state index contributed by atoms with van der Waals surface area (Å²) in [6.45, 7) is 1.38. The molecular formula is C7H9N3O3S. The lowest BCUT2D eigenvalue weighted by Gasteiger charge is -2.08. The molecule has 1 rings (SSSR count). The first-order valence-corrected chi connectivity index (χ1v) is 4.67. The Morgan fingerprint density at radius 1 is 1.64 bits per heavy atom. The van der Waals surface area contributed by atoms with E-state index in [1.54, 1.807) is 11.6 Å². The van der Waals surface area contributed by atoms with E-state index in [2.05, 4.69) is 15.6 Å². The summed E-state index contributed by atoms with van der Waals surface area (Å²) < 4.78 is 0. The number of aromatic nitrogens is 1. The van der Waals surface area contributed by atoms with Crippen molar-refractivity contribution in [3.05, 3.63) is 11.6 Å². The van der Waals surface area contributed by atoms with Crippen molar-refractivity contribution in [3.8, 4) is 0 Å². The minimum absolute atomic E-state index is 0.431. The smallest absolute Gasteiger partial charge is 0.325 e. The van der Waals surface area contributed by atoms with Gasteiger partial charge in [0.25, 0.3) is 0 Å². The number of hydrogen-bond acceptors (Lipinski definition) is 4. The van der Waals surface area contributed by atoms with Gasteiger partial charge in [-0.2, -0.15) is 0 Å². The highest BCUT2D eigenvalue weighted by Gasteiger charge is 2.13. The summed E-state index contributed by atoms with van der Waals surface area (Å²) in [5.74, 6) is -1.08. The second-order valence-corrected chi connectivity index (χ2v) is 3.39. The van der Waals surface area contributed by atoms with Crippen molar-refractivity contribution < 1.29 is 14.7 Å². The number of amides is 2. The van der Waals surface area contributed by atoms with Crippen LogP contribution in [0.25, 0.3) is 0 Å². The van der Waals surface area contributed by atoms with Crippen molar-refractivity contribution in [2.24, 2.45) is 0 Å². The lowest BCUT2D eigenvalue weighted by molar-refractivity contribution is -0.138. The number of anilines is 1. The third-order valence-corrected chi connectivity index (χ3v) is 2.06. The van der Waals surface area contributed by atoms with E-state index in [1.807, 2.05) is 0 Å². The molecule has 0 saturated carbocycles. The number of carbonyl (C=O) groups is 2. The second kappa shape index (κ2) is 4.56. The summed E-state index contributed by atoms with van der Waals surface area (Å²) in [5.41, 5.74) is 0. The first-order chi connectivity index (χ1) is 6.59. The number of carboxylic acid groups (broad SMARTS) is 1. The summed E-state index contributed by atoms with van der Waals surface area (Å²) >= 11 is 1.26. The molecule has 0 spiro atoms. The van der Waals surface area contributed by atoms with Crippen LogP contribution in [0.15, 0.2) is 11.6 Å². The van der Waals surface area contributed by atoms with E-state index >= 15 is 0 Å². The topological polar surface area (TPSA) is 91.3 Å². The third-order valence-electron chi connectivity index (χ3n) is 1.37. The number of urea groups is 1. The molecule has 0 radical (unpaired) electrons. The van der Waals surface area contributed by atoms with Gasteiger partial charge >= 0.3 is 12.0 Å². The number of carbonyl (C=O) groups excluding carboxylic acids is 1. The number of nitrogens with one attached hydrogen (secondary N) is 2. The molecule has 14 heavy (non-hydrogen) atoms. The summed E-state index contributed by atoms with van der Waals surface area (Å²) in [7, 11) is 0. The Hall–Kier alpha value is -1.63. The van der Waals surface area contributed by atoms with E-state index in [4.69, 9.17) is 5.11 Å². The minimum atomic E-state index is -1.08. The molecular weight excluding hydrogens is 206 g/mol. The average Bonchev–Trinajstić information content (AvgIpc) is 2.56. The highest BCUT2D eigenvalue weighted by molar-refractivity contribution is 7.13. The van der Waals surface area contributed by atoms with E-state index in [-0.39, 0.29) is 0 Å². The van der Waals surface area contributed by atoms with Gasteiger partial charge in [-0.25, -0.2) is 9.78 Å². The van der Waals surface area contributed by atoms with Gasteiger partial charge in [-0.3, -0.25) is 10.1 Å². The number of nitrogens with zero attached hydrogens (tertiary/aromatic N) is 1. The highest BCUT2D eigenvalue weighted by Crippen LogP contribution is 2.09. The maximum absolute atomic E-state index is 11.1. The predicted octanol–water partition coefficient (Wildman–Crippen LogP) is 0.738. The van der Waals surface area contributed by atoms with Crippen molar-refractivity contribution in [2.75, 3.05) is 5.32 Å². The van der Waals surface area contributed by atoms with Gasteiger partial charge in [0, 0.05) is 11.6 Å². The summed E-state index contributed by atoms with van der Waals surface area (Å²) in [6.07, 6.45) is 1.54. The standard InChI is InChI=1S/C7H9N3O3S/c1-4(5(11)12)9-6(13)10-7-8-2-3-14-7/h2-4H,1H3,(H,11,12)(H2,8,9,10,13). The molecule has 7 heteroatoms. The van der Waals surface area contributed by atoms with Gasteiger partial charge in [-0.05, 0) is 6.92 Å². The van der Waals surface area contributed by atoms with Crippen molar-refractivity contribution in [3.63, 3.8) is 0 Å². The van der Waals surface area contributed by atoms with Crippen molar-refractivity contribution >= 4 is 28.5 Å². The molecule has 76 valence electrons. The van der Waals surface area contributed by atoms with Crippen LogP contribution in [0.4, 0.5) is 9.93 Å². The Bertz CT molecular complexity index is 325. The Kier molecular flexibility index (Phi) is 3.41. The highest BCUT2D eigenvalue weighted by atomic mass is 32.1. The lowest BCUT2D eigenvalue weighted by Crippen LogP contribution is -2.40. The molecule has 0 saturated heterocycles. The molecule has 1 unspecified atom stereocenters. The number of rotatable bonds is 3. The second-order valence-electron chi connectivity index (χ2n) is 2.50. The average molecular weight is 215 g/mol. The van der Waals surface area contributed by atoms with E-state index in [0.29, 0.717) is 5.13 Å².